The third kappa shape index (κ3) is 8.36. The van der Waals surface area contributed by atoms with E-state index in [0.29, 0.717) is 0 Å². The highest BCUT2D eigenvalue weighted by Crippen LogP contribution is 1.99. The van der Waals surface area contributed by atoms with Crippen molar-refractivity contribution in [2.75, 3.05) is 41.4 Å². The monoisotopic (exact) mass is 372 g/mol. The van der Waals surface area contributed by atoms with Crippen LogP contribution < -0.4 is 10.6 Å². The van der Waals surface area contributed by atoms with Crippen molar-refractivity contribution in [2.24, 2.45) is 0 Å². The first-order chi connectivity index (χ1) is 12.1. The number of carbonyl (C=O) groups excluding carboxylic acids is 4. The van der Waals surface area contributed by atoms with Crippen LogP contribution in [0.15, 0.2) is 12.2 Å². The van der Waals surface area contributed by atoms with Crippen molar-refractivity contribution in [3.63, 3.8) is 0 Å². The van der Waals surface area contributed by atoms with E-state index < -0.39 is 11.9 Å². The summed E-state index contributed by atoms with van der Waals surface area (Å²) in [7, 11) is 6.14. The van der Waals surface area contributed by atoms with Gasteiger partial charge in [-0.25, -0.2) is 19.2 Å². The van der Waals surface area contributed by atoms with Gasteiger partial charge in [0.1, 0.15) is 13.2 Å². The maximum atomic E-state index is 11.6. The third-order valence-electron chi connectivity index (χ3n) is 3.68. The maximum absolute atomic E-state index is 11.6. The Morgan fingerprint density at radius 1 is 0.808 bits per heavy atom. The molecule has 148 valence electrons. The molecule has 0 aromatic heterocycles. The second kappa shape index (κ2) is 11.7. The molecule has 0 heterocycles. The first kappa shape index (κ1) is 23.2. The zero-order valence-electron chi connectivity index (χ0n) is 16.1. The molecule has 0 radical (unpaired) electrons. The summed E-state index contributed by atoms with van der Waals surface area (Å²) in [5.41, 5.74) is 0. The second-order valence-electron chi connectivity index (χ2n) is 5.62. The van der Waals surface area contributed by atoms with Crippen LogP contribution in [0.4, 0.5) is 9.59 Å². The Morgan fingerprint density at radius 3 is 1.38 bits per heavy atom. The molecule has 0 aliphatic carbocycles. The molecular weight excluding hydrogens is 344 g/mol. The highest BCUT2D eigenvalue weighted by molar-refractivity contribution is 5.91. The number of nitrogens with zero attached hydrogens (tertiary/aromatic N) is 2. The van der Waals surface area contributed by atoms with Crippen LogP contribution >= 0.6 is 0 Å². The van der Waals surface area contributed by atoms with E-state index >= 15 is 0 Å². The smallest absolute Gasteiger partial charge is 0.331 e. The Morgan fingerprint density at radius 2 is 1.12 bits per heavy atom. The molecule has 10 heteroatoms. The molecule has 0 fully saturated rings. The van der Waals surface area contributed by atoms with Crippen LogP contribution in [0, 0.1) is 0 Å². The summed E-state index contributed by atoms with van der Waals surface area (Å²) in [6, 6.07) is -1.27. The van der Waals surface area contributed by atoms with Crippen LogP contribution in [0.1, 0.15) is 13.8 Å². The molecule has 26 heavy (non-hydrogen) atoms. The zero-order chi connectivity index (χ0) is 20.3. The van der Waals surface area contributed by atoms with Gasteiger partial charge in [-0.3, -0.25) is 0 Å². The summed E-state index contributed by atoms with van der Waals surface area (Å²) in [4.78, 5) is 48.8. The van der Waals surface area contributed by atoms with Crippen LogP contribution in [-0.2, 0) is 19.1 Å². The van der Waals surface area contributed by atoms with E-state index in [1.165, 1.54) is 23.9 Å². The first-order valence-electron chi connectivity index (χ1n) is 8.04. The average molecular weight is 372 g/mol. The average Bonchev–Trinajstić information content (AvgIpc) is 2.65. The number of likely N-dealkylation sites (N-methyl/N-ethyl adjacent to an activating group) is 2. The van der Waals surface area contributed by atoms with Gasteiger partial charge in [-0.15, -0.1) is 0 Å². The number of hydrogen-bond acceptors (Lipinski definition) is 6. The molecule has 0 saturated carbocycles. The van der Waals surface area contributed by atoms with Gasteiger partial charge in [0, 0.05) is 40.3 Å². The van der Waals surface area contributed by atoms with Crippen molar-refractivity contribution in [2.45, 2.75) is 25.9 Å². The Kier molecular flexibility index (Phi) is 10.5. The maximum Gasteiger partial charge on any atom is 0.331 e. The van der Waals surface area contributed by atoms with E-state index in [-0.39, 0.29) is 37.4 Å². The topological polar surface area (TPSA) is 117 Å². The van der Waals surface area contributed by atoms with E-state index in [2.05, 4.69) is 10.6 Å². The summed E-state index contributed by atoms with van der Waals surface area (Å²) in [5.74, 6) is -1.45. The second-order valence-corrected chi connectivity index (χ2v) is 5.62. The fourth-order valence-corrected chi connectivity index (χ4v) is 1.61. The quantitative estimate of drug-likeness (QED) is 0.456. The Balaban J connectivity index is 4.25. The lowest BCUT2D eigenvalue weighted by Gasteiger charge is -2.23. The summed E-state index contributed by atoms with van der Waals surface area (Å²) < 4.78 is 9.93. The summed E-state index contributed by atoms with van der Waals surface area (Å²) >= 11 is 0. The van der Waals surface area contributed by atoms with Crippen molar-refractivity contribution in [3.8, 4) is 0 Å². The lowest BCUT2D eigenvalue weighted by molar-refractivity contribution is -0.141. The molecule has 0 bridgehead atoms. The molecule has 2 N–H and O–H groups in total. The first-order valence-corrected chi connectivity index (χ1v) is 8.04. The zero-order valence-corrected chi connectivity index (χ0v) is 16.1. The predicted molar refractivity (Wildman–Crippen MR) is 94.4 cm³/mol. The summed E-state index contributed by atoms with van der Waals surface area (Å²) in [5, 5.41) is 4.92. The predicted octanol–water partition coefficient (Wildman–Crippen LogP) is -0.0516. The number of ether oxygens (including phenoxy) is 2. The van der Waals surface area contributed by atoms with E-state index in [0.717, 1.165) is 12.2 Å². The van der Waals surface area contributed by atoms with Crippen LogP contribution in [0.3, 0.4) is 0 Å². The van der Waals surface area contributed by atoms with Gasteiger partial charge in [-0.1, -0.05) is 0 Å². The van der Waals surface area contributed by atoms with Crippen LogP contribution in [0.5, 0.6) is 0 Å². The fraction of sp³-hybridized carbons (Fsp3) is 0.625. The van der Waals surface area contributed by atoms with Gasteiger partial charge in [0.05, 0.1) is 12.1 Å². The van der Waals surface area contributed by atoms with E-state index in [4.69, 9.17) is 9.47 Å². The van der Waals surface area contributed by atoms with E-state index in [1.54, 1.807) is 27.9 Å². The molecule has 0 aromatic rings. The SMILES string of the molecule is CNC(=O)N(C)[C@@H](C)COC(=O)/C=C/C(=O)OC[C@H](C)N(C)C(=O)NC. The highest BCUT2D eigenvalue weighted by Gasteiger charge is 2.17. The minimum Gasteiger partial charge on any atom is -0.460 e. The van der Waals surface area contributed by atoms with Crippen molar-refractivity contribution in [1.29, 1.82) is 0 Å². The Labute approximate surface area is 153 Å². The molecular formula is C16H28N4O6. The lowest BCUT2D eigenvalue weighted by Crippen LogP contribution is -2.43. The molecule has 0 aliphatic heterocycles. The van der Waals surface area contributed by atoms with Gasteiger partial charge in [0.2, 0.25) is 0 Å². The summed E-state index contributed by atoms with van der Waals surface area (Å²) in [6.07, 6.45) is 1.89. The Bertz CT molecular complexity index is 491. The van der Waals surface area contributed by atoms with Crippen molar-refractivity contribution < 1.29 is 28.7 Å². The molecule has 0 spiro atoms. The molecule has 0 aliphatic rings. The number of nitrogens with one attached hydrogen (secondary N) is 2. The van der Waals surface area contributed by atoms with Crippen LogP contribution in [-0.4, -0.2) is 87.3 Å². The van der Waals surface area contributed by atoms with Crippen molar-refractivity contribution in [3.05, 3.63) is 12.2 Å². The Hall–Kier alpha value is -2.78. The minimum absolute atomic E-state index is 0.0178. The highest BCUT2D eigenvalue weighted by atomic mass is 16.5. The fourth-order valence-electron chi connectivity index (χ4n) is 1.61. The van der Waals surface area contributed by atoms with Gasteiger partial charge < -0.3 is 29.9 Å². The lowest BCUT2D eigenvalue weighted by atomic mass is 10.3. The largest absolute Gasteiger partial charge is 0.460 e. The van der Waals surface area contributed by atoms with Crippen LogP contribution in [0.25, 0.3) is 0 Å². The molecule has 0 saturated heterocycles. The van der Waals surface area contributed by atoms with E-state index in [9.17, 15) is 19.2 Å². The normalized spacial score (nSPS) is 12.7. The molecule has 0 aromatic carbocycles. The summed E-state index contributed by atoms with van der Waals surface area (Å²) in [6.45, 7) is 3.39. The van der Waals surface area contributed by atoms with Crippen molar-refractivity contribution >= 4 is 24.0 Å². The van der Waals surface area contributed by atoms with Crippen LogP contribution in [0.2, 0.25) is 0 Å². The van der Waals surface area contributed by atoms with Gasteiger partial charge in [0.15, 0.2) is 0 Å². The van der Waals surface area contributed by atoms with Gasteiger partial charge in [-0.2, -0.15) is 0 Å². The molecule has 2 atom stereocenters. The minimum atomic E-state index is -0.727. The van der Waals surface area contributed by atoms with Gasteiger partial charge >= 0.3 is 24.0 Å². The number of hydrogen-bond donors (Lipinski definition) is 2. The van der Waals surface area contributed by atoms with Gasteiger partial charge in [0.25, 0.3) is 0 Å². The third-order valence-corrected chi connectivity index (χ3v) is 3.68. The number of carbonyl (C=O) groups is 4. The number of urea groups is 2. The number of amides is 4. The molecule has 10 nitrogen and oxygen atoms in total. The van der Waals surface area contributed by atoms with E-state index in [1.807, 2.05) is 0 Å². The number of rotatable bonds is 8. The number of esters is 2. The van der Waals surface area contributed by atoms with Crippen molar-refractivity contribution in [1.82, 2.24) is 20.4 Å². The molecule has 0 rings (SSSR count). The standard InChI is InChI=1S/C16H28N4O6/c1-11(19(5)15(23)17-3)9-25-13(21)7-8-14(22)26-10-12(2)20(6)16(24)18-4/h7-8,11-12H,9-10H2,1-6H3,(H,17,23)(H,18,24)/b8-7+/t11-,12-/m0/s1. The molecule has 4 amide bonds. The molecule has 0 unspecified atom stereocenters. The van der Waals surface area contributed by atoms with Gasteiger partial charge in [-0.05, 0) is 13.8 Å².